The zero-order valence-corrected chi connectivity index (χ0v) is 13.1. The highest BCUT2D eigenvalue weighted by atomic mass is 32.1. The summed E-state index contributed by atoms with van der Waals surface area (Å²) in [6, 6.07) is 7.99. The lowest BCUT2D eigenvalue weighted by Crippen LogP contribution is -1.97. The van der Waals surface area contributed by atoms with E-state index in [-0.39, 0.29) is 0 Å². The van der Waals surface area contributed by atoms with Crippen molar-refractivity contribution in [2.75, 3.05) is 0 Å². The second-order valence-corrected chi connectivity index (χ2v) is 6.05. The molecule has 0 aliphatic carbocycles. The summed E-state index contributed by atoms with van der Waals surface area (Å²) in [6.45, 7) is 6.33. The van der Waals surface area contributed by atoms with Crippen molar-refractivity contribution in [2.24, 2.45) is 0 Å². The summed E-state index contributed by atoms with van der Waals surface area (Å²) < 4.78 is 1.82. The van der Waals surface area contributed by atoms with Crippen LogP contribution in [0, 0.1) is 20.8 Å². The third-order valence-corrected chi connectivity index (χ3v) is 4.37. The molecule has 0 bridgehead atoms. The Morgan fingerprint density at radius 1 is 1.19 bits per heavy atom. The van der Waals surface area contributed by atoms with Gasteiger partial charge < -0.3 is 0 Å². The van der Waals surface area contributed by atoms with Gasteiger partial charge >= 0.3 is 0 Å². The van der Waals surface area contributed by atoms with E-state index >= 15 is 0 Å². The summed E-state index contributed by atoms with van der Waals surface area (Å²) in [4.78, 5) is 15.7. The largest absolute Gasteiger partial charge is 0.296 e. The number of rotatable bonds is 3. The van der Waals surface area contributed by atoms with E-state index in [1.54, 1.807) is 17.4 Å². The Hall–Kier alpha value is -2.20. The molecule has 21 heavy (non-hydrogen) atoms. The van der Waals surface area contributed by atoms with E-state index < -0.39 is 0 Å². The number of aromatic nitrogens is 2. The number of carbonyl (C=O) groups excluding carboxylic acids is 1. The van der Waals surface area contributed by atoms with Crippen molar-refractivity contribution in [3.63, 3.8) is 0 Å². The highest BCUT2D eigenvalue weighted by molar-refractivity contribution is 7.12. The number of hydrogen-bond donors (Lipinski definition) is 0. The third-order valence-electron chi connectivity index (χ3n) is 3.53. The number of benzene rings is 1. The van der Waals surface area contributed by atoms with Crippen molar-refractivity contribution in [3.8, 4) is 16.4 Å². The highest BCUT2D eigenvalue weighted by Crippen LogP contribution is 2.30. The van der Waals surface area contributed by atoms with Crippen LogP contribution in [0.3, 0.4) is 0 Å². The predicted octanol–water partition coefficient (Wildman–Crippen LogP) is 4.34. The Morgan fingerprint density at radius 2 is 1.90 bits per heavy atom. The molecular weight excluding hydrogens is 280 g/mol. The molecule has 0 aliphatic rings. The van der Waals surface area contributed by atoms with E-state index in [9.17, 15) is 4.79 Å². The second kappa shape index (κ2) is 5.30. The molecule has 0 unspecified atom stereocenters. The number of nitrogens with zero attached hydrogens (tertiary/aromatic N) is 2. The number of hydrogen-bond acceptors (Lipinski definition) is 3. The molecule has 3 aromatic rings. The fourth-order valence-corrected chi connectivity index (χ4v) is 3.56. The molecule has 4 heteroatoms. The molecule has 1 aromatic carbocycles. The van der Waals surface area contributed by atoms with E-state index in [1.165, 1.54) is 22.3 Å². The van der Waals surface area contributed by atoms with Gasteiger partial charge in [0.15, 0.2) is 11.4 Å². The van der Waals surface area contributed by atoms with Crippen molar-refractivity contribution in [3.05, 3.63) is 58.2 Å². The minimum absolute atomic E-state index is 0.619. The Kier molecular flexibility index (Phi) is 3.47. The number of aryl methyl sites for hydroxylation is 3. The smallest absolute Gasteiger partial charge is 0.194 e. The average molecular weight is 296 g/mol. The van der Waals surface area contributed by atoms with Crippen LogP contribution >= 0.6 is 11.3 Å². The lowest BCUT2D eigenvalue weighted by atomic mass is 9.98. The van der Waals surface area contributed by atoms with Gasteiger partial charge in [-0.15, -0.1) is 11.3 Å². The van der Waals surface area contributed by atoms with Gasteiger partial charge in [0, 0.05) is 17.1 Å². The Morgan fingerprint density at radius 3 is 2.57 bits per heavy atom. The van der Waals surface area contributed by atoms with Gasteiger partial charge in [-0.2, -0.15) is 0 Å². The first-order valence-electron chi connectivity index (χ1n) is 6.77. The van der Waals surface area contributed by atoms with Crippen LogP contribution in [0.15, 0.2) is 35.8 Å². The van der Waals surface area contributed by atoms with Crippen LogP contribution < -0.4 is 0 Å². The maximum Gasteiger partial charge on any atom is 0.194 e. The predicted molar refractivity (Wildman–Crippen MR) is 86.5 cm³/mol. The van der Waals surface area contributed by atoms with Crippen molar-refractivity contribution < 1.29 is 4.79 Å². The van der Waals surface area contributed by atoms with E-state index in [0.717, 1.165) is 17.1 Å². The van der Waals surface area contributed by atoms with E-state index in [4.69, 9.17) is 4.98 Å². The first-order valence-corrected chi connectivity index (χ1v) is 7.65. The maximum atomic E-state index is 11.0. The second-order valence-electron chi connectivity index (χ2n) is 5.21. The Balaban J connectivity index is 2.09. The minimum atomic E-state index is 0.619. The molecule has 0 aliphatic heterocycles. The SMILES string of the molecule is Cc1cc(C)c(-c2csc(-n3cccc3C=O)n2)c(C)c1. The van der Waals surface area contributed by atoms with Crippen LogP contribution in [-0.2, 0) is 0 Å². The third kappa shape index (κ3) is 2.43. The summed E-state index contributed by atoms with van der Waals surface area (Å²) in [5.74, 6) is 0. The highest BCUT2D eigenvalue weighted by Gasteiger charge is 2.12. The van der Waals surface area contributed by atoms with Crippen LogP contribution in [0.2, 0.25) is 0 Å². The number of thiazole rings is 1. The molecule has 3 rings (SSSR count). The fraction of sp³-hybridized carbons (Fsp3) is 0.176. The Bertz CT molecular complexity index is 791. The summed E-state index contributed by atoms with van der Waals surface area (Å²) >= 11 is 1.55. The molecule has 2 aromatic heterocycles. The van der Waals surface area contributed by atoms with Gasteiger partial charge in [-0.3, -0.25) is 9.36 Å². The molecule has 0 N–H and O–H groups in total. The zero-order chi connectivity index (χ0) is 15.0. The van der Waals surface area contributed by atoms with Gasteiger partial charge in [0.2, 0.25) is 0 Å². The molecule has 0 amide bonds. The van der Waals surface area contributed by atoms with Gasteiger partial charge in [-0.25, -0.2) is 4.98 Å². The van der Waals surface area contributed by atoms with Crippen LogP contribution in [0.1, 0.15) is 27.2 Å². The summed E-state index contributed by atoms with van der Waals surface area (Å²) in [5, 5.41) is 2.87. The van der Waals surface area contributed by atoms with Crippen molar-refractivity contribution in [1.29, 1.82) is 0 Å². The van der Waals surface area contributed by atoms with E-state index in [2.05, 4.69) is 38.3 Å². The molecule has 0 saturated carbocycles. The average Bonchev–Trinajstić information content (AvgIpc) is 3.04. The molecule has 2 heterocycles. The van der Waals surface area contributed by atoms with Crippen LogP contribution in [-0.4, -0.2) is 15.8 Å². The zero-order valence-electron chi connectivity index (χ0n) is 12.3. The van der Waals surface area contributed by atoms with Crippen LogP contribution in [0.5, 0.6) is 0 Å². The topological polar surface area (TPSA) is 34.9 Å². The van der Waals surface area contributed by atoms with Crippen molar-refractivity contribution in [1.82, 2.24) is 9.55 Å². The van der Waals surface area contributed by atoms with E-state index in [0.29, 0.717) is 5.69 Å². The molecule has 0 radical (unpaired) electrons. The van der Waals surface area contributed by atoms with Crippen LogP contribution in [0.25, 0.3) is 16.4 Å². The normalized spacial score (nSPS) is 10.8. The van der Waals surface area contributed by atoms with Crippen LogP contribution in [0.4, 0.5) is 0 Å². The summed E-state index contributed by atoms with van der Waals surface area (Å²) in [6.07, 6.45) is 2.71. The quantitative estimate of drug-likeness (QED) is 0.674. The molecule has 0 atom stereocenters. The van der Waals surface area contributed by atoms with Gasteiger partial charge in [-0.1, -0.05) is 17.7 Å². The molecule has 3 nitrogen and oxygen atoms in total. The molecule has 0 fully saturated rings. The maximum absolute atomic E-state index is 11.0. The fourth-order valence-electron chi connectivity index (χ4n) is 2.74. The monoisotopic (exact) mass is 296 g/mol. The standard InChI is InChI=1S/C17H16N2OS/c1-11-7-12(2)16(13(3)8-11)15-10-21-17(18-15)19-6-4-5-14(19)9-20/h4-10H,1-3H3. The lowest BCUT2D eigenvalue weighted by Gasteiger charge is -2.08. The first kappa shape index (κ1) is 13.8. The molecule has 106 valence electrons. The minimum Gasteiger partial charge on any atom is -0.296 e. The van der Waals surface area contributed by atoms with Gasteiger partial charge in [0.25, 0.3) is 0 Å². The summed E-state index contributed by atoms with van der Waals surface area (Å²) in [5.41, 5.74) is 6.49. The van der Waals surface area contributed by atoms with Gasteiger partial charge in [-0.05, 0) is 44.0 Å². The number of aldehydes is 1. The molecular formula is C17H16N2OS. The summed E-state index contributed by atoms with van der Waals surface area (Å²) in [7, 11) is 0. The Labute approximate surface area is 127 Å². The molecule has 0 saturated heterocycles. The first-order chi connectivity index (χ1) is 10.1. The van der Waals surface area contributed by atoms with Crippen molar-refractivity contribution >= 4 is 17.6 Å². The van der Waals surface area contributed by atoms with E-state index in [1.807, 2.05) is 16.8 Å². The van der Waals surface area contributed by atoms with Gasteiger partial charge in [0.05, 0.1) is 11.4 Å². The van der Waals surface area contributed by atoms with Gasteiger partial charge in [0.1, 0.15) is 0 Å². The van der Waals surface area contributed by atoms with Crippen molar-refractivity contribution in [2.45, 2.75) is 20.8 Å². The lowest BCUT2D eigenvalue weighted by molar-refractivity contribution is 0.111. The molecule has 0 spiro atoms. The number of carbonyl (C=O) groups is 1.